The second kappa shape index (κ2) is 6.12. The van der Waals surface area contributed by atoms with Crippen molar-refractivity contribution in [1.82, 2.24) is 19.6 Å². The first-order valence-corrected chi connectivity index (χ1v) is 7.09. The minimum absolute atomic E-state index is 0. The van der Waals surface area contributed by atoms with Gasteiger partial charge in [0, 0.05) is 12.4 Å². The van der Waals surface area contributed by atoms with Gasteiger partial charge in [-0.05, 0) is 30.4 Å². The smallest absolute Gasteiger partial charge is 0.540 e. The Bertz CT molecular complexity index is 967. The second-order valence-electron chi connectivity index (χ2n) is 5.50. The van der Waals surface area contributed by atoms with E-state index in [4.69, 9.17) is 4.42 Å². The molecule has 1 aliphatic rings. The predicted molar refractivity (Wildman–Crippen MR) is 73.3 cm³/mol. The Morgan fingerprint density at radius 1 is 1.42 bits per heavy atom. The number of carboxylic acids is 1. The summed E-state index contributed by atoms with van der Waals surface area (Å²) in [4.78, 5) is 15.0. The van der Waals surface area contributed by atoms with Crippen molar-refractivity contribution < 1.29 is 33.2 Å². The van der Waals surface area contributed by atoms with E-state index in [1.807, 2.05) is 16.7 Å². The number of imidazole rings is 1. The van der Waals surface area contributed by atoms with Gasteiger partial charge in [-0.1, -0.05) is 0 Å². The maximum atomic E-state index is 10.6. The third-order valence-corrected chi connectivity index (χ3v) is 3.77. The maximum Gasteiger partial charge on any atom is 1.00 e. The van der Waals surface area contributed by atoms with E-state index in [-0.39, 0.29) is 31.2 Å². The van der Waals surface area contributed by atoms with Crippen LogP contribution in [0.5, 0.6) is 0 Å². The Morgan fingerprint density at radius 2 is 2.21 bits per heavy atom. The molecule has 3 aromatic rings. The number of aromatic nitrogens is 4. The molecule has 0 bridgehead atoms. The van der Waals surface area contributed by atoms with Crippen LogP contribution in [0.4, 0.5) is 0 Å². The molecule has 0 aromatic carbocycles. The maximum absolute atomic E-state index is 10.6. The molecular weight excluding hydrogens is 305 g/mol. The van der Waals surface area contributed by atoms with Crippen LogP contribution in [0.1, 0.15) is 52.2 Å². The molecule has 1 aliphatic carbocycles. The Labute approximate surface area is 148 Å². The van der Waals surface area contributed by atoms with Gasteiger partial charge in [0.1, 0.15) is 12.0 Å². The van der Waals surface area contributed by atoms with Crippen molar-refractivity contribution in [2.24, 2.45) is 0 Å². The number of aromatic carboxylic acids is 1. The summed E-state index contributed by atoms with van der Waals surface area (Å²) in [6.07, 6.45) is 6.24. The minimum Gasteiger partial charge on any atom is -0.540 e. The molecule has 8 nitrogen and oxygen atoms in total. The van der Waals surface area contributed by atoms with E-state index in [1.54, 1.807) is 6.20 Å². The number of carboxylic acid groups (broad SMARTS) is 1. The zero-order chi connectivity index (χ0) is 16.0. The predicted octanol–water partition coefficient (Wildman–Crippen LogP) is -2.58. The molecule has 0 unspecified atom stereocenters. The van der Waals surface area contributed by atoms with Crippen molar-refractivity contribution in [3.05, 3.63) is 47.1 Å². The number of rotatable bonds is 4. The van der Waals surface area contributed by atoms with Crippen molar-refractivity contribution in [1.29, 1.82) is 5.26 Å². The van der Waals surface area contributed by atoms with Gasteiger partial charge >= 0.3 is 18.9 Å². The van der Waals surface area contributed by atoms with Crippen LogP contribution in [0.3, 0.4) is 0 Å². The Hall–Kier alpha value is -2.61. The standard InChI is InChI=1S/C15H11N5O3.Li/c16-5-9-3-10(8-1-2-8)6-20-7-11(17-13(9)20)4-12-18-19-14(23-12)15(21)22;/h3,6-8H,1-2,4H2,(H,21,22);/q;+1/p-1. The van der Waals surface area contributed by atoms with Crippen LogP contribution in [0.2, 0.25) is 0 Å². The first-order chi connectivity index (χ1) is 11.1. The van der Waals surface area contributed by atoms with Crippen LogP contribution in [0, 0.1) is 11.3 Å². The summed E-state index contributed by atoms with van der Waals surface area (Å²) in [5.41, 5.74) is 2.83. The normalized spacial score (nSPS) is 13.5. The zero-order valence-electron chi connectivity index (χ0n) is 12.9. The summed E-state index contributed by atoms with van der Waals surface area (Å²) in [5, 5.41) is 27.0. The molecule has 3 aromatic heterocycles. The third kappa shape index (κ3) is 2.92. The number of hydrogen-bond acceptors (Lipinski definition) is 7. The molecule has 0 radical (unpaired) electrons. The number of carbonyl (C=O) groups is 1. The van der Waals surface area contributed by atoms with Crippen LogP contribution in [0.15, 0.2) is 22.9 Å². The fourth-order valence-electron chi connectivity index (χ4n) is 2.54. The topological polar surface area (TPSA) is 120 Å². The number of nitrogens with zero attached hydrogens (tertiary/aromatic N) is 5. The summed E-state index contributed by atoms with van der Waals surface area (Å²) < 4.78 is 6.79. The SMILES string of the molecule is N#Cc1cc(C2CC2)cn2cc(Cc3nnc(C(=O)[O-])o3)nc12.[Li+]. The van der Waals surface area contributed by atoms with E-state index < -0.39 is 11.9 Å². The Balaban J connectivity index is 0.00000169. The molecule has 0 amide bonds. The van der Waals surface area contributed by atoms with Gasteiger partial charge in [-0.3, -0.25) is 0 Å². The van der Waals surface area contributed by atoms with Crippen molar-refractivity contribution in [2.75, 3.05) is 0 Å². The van der Waals surface area contributed by atoms with Crippen molar-refractivity contribution in [3.63, 3.8) is 0 Å². The van der Waals surface area contributed by atoms with Gasteiger partial charge in [0.05, 0.1) is 17.7 Å². The average molecular weight is 315 g/mol. The second-order valence-corrected chi connectivity index (χ2v) is 5.50. The summed E-state index contributed by atoms with van der Waals surface area (Å²) in [7, 11) is 0. The van der Waals surface area contributed by atoms with E-state index in [0.29, 0.717) is 22.8 Å². The molecule has 1 fully saturated rings. The monoisotopic (exact) mass is 315 g/mol. The van der Waals surface area contributed by atoms with E-state index in [9.17, 15) is 15.2 Å². The summed E-state index contributed by atoms with van der Waals surface area (Å²) in [6, 6.07) is 4.05. The first-order valence-electron chi connectivity index (χ1n) is 7.09. The van der Waals surface area contributed by atoms with Gasteiger partial charge in [0.2, 0.25) is 5.89 Å². The van der Waals surface area contributed by atoms with Crippen molar-refractivity contribution in [3.8, 4) is 6.07 Å². The molecule has 0 aliphatic heterocycles. The molecule has 4 rings (SSSR count). The zero-order valence-corrected chi connectivity index (χ0v) is 12.9. The molecule has 0 saturated heterocycles. The summed E-state index contributed by atoms with van der Waals surface area (Å²) in [6.45, 7) is 0. The quantitative estimate of drug-likeness (QED) is 0.485. The number of carbonyl (C=O) groups excluding carboxylic acids is 1. The Morgan fingerprint density at radius 3 is 2.83 bits per heavy atom. The van der Waals surface area contributed by atoms with Crippen LogP contribution in [0.25, 0.3) is 5.65 Å². The molecule has 24 heavy (non-hydrogen) atoms. The van der Waals surface area contributed by atoms with Crippen molar-refractivity contribution in [2.45, 2.75) is 25.2 Å². The van der Waals surface area contributed by atoms with E-state index in [0.717, 1.165) is 18.4 Å². The van der Waals surface area contributed by atoms with Gasteiger partial charge in [-0.25, -0.2) is 4.98 Å². The molecule has 1 saturated carbocycles. The van der Waals surface area contributed by atoms with Gasteiger partial charge in [-0.15, -0.1) is 10.2 Å². The minimum atomic E-state index is -1.51. The number of fused-ring (bicyclic) bond motifs is 1. The van der Waals surface area contributed by atoms with E-state index >= 15 is 0 Å². The molecule has 0 spiro atoms. The number of pyridine rings is 1. The Kier molecular flexibility index (Phi) is 4.14. The average Bonchev–Trinajstić information content (AvgIpc) is 3.14. The van der Waals surface area contributed by atoms with E-state index in [1.165, 1.54) is 0 Å². The first kappa shape index (κ1) is 16.3. The van der Waals surface area contributed by atoms with Crippen LogP contribution in [-0.2, 0) is 6.42 Å². The van der Waals surface area contributed by atoms with Crippen LogP contribution in [-0.4, -0.2) is 25.6 Å². The van der Waals surface area contributed by atoms with Crippen LogP contribution < -0.4 is 24.0 Å². The van der Waals surface area contributed by atoms with Gasteiger partial charge in [0.25, 0.3) is 5.89 Å². The van der Waals surface area contributed by atoms with Crippen molar-refractivity contribution >= 4 is 11.6 Å². The molecular formula is C15H10LiN5O3. The third-order valence-electron chi connectivity index (χ3n) is 3.77. The molecule has 9 heteroatoms. The largest absolute Gasteiger partial charge is 1.00 e. The molecule has 0 N–H and O–H groups in total. The van der Waals surface area contributed by atoms with Gasteiger partial charge in [0.15, 0.2) is 5.65 Å². The van der Waals surface area contributed by atoms with Gasteiger partial charge in [-0.2, -0.15) is 5.26 Å². The molecule has 0 atom stereocenters. The summed E-state index contributed by atoms with van der Waals surface area (Å²) >= 11 is 0. The molecule has 114 valence electrons. The number of hydrogen-bond donors (Lipinski definition) is 0. The summed E-state index contributed by atoms with van der Waals surface area (Å²) in [5.74, 6) is -1.41. The van der Waals surface area contributed by atoms with Gasteiger partial charge < -0.3 is 18.7 Å². The van der Waals surface area contributed by atoms with Crippen LogP contribution >= 0.6 is 0 Å². The number of nitriles is 1. The molecule has 3 heterocycles. The fourth-order valence-corrected chi connectivity index (χ4v) is 2.54. The van der Waals surface area contributed by atoms with E-state index in [2.05, 4.69) is 21.3 Å². The fraction of sp³-hybridized carbons (Fsp3) is 0.267.